The molecule has 0 bridgehead atoms. The summed E-state index contributed by atoms with van der Waals surface area (Å²) in [5, 5.41) is 0. The molecule has 0 saturated carbocycles. The molecule has 25 heavy (non-hydrogen) atoms. The zero-order valence-corrected chi connectivity index (χ0v) is 17.5. The van der Waals surface area contributed by atoms with E-state index in [9.17, 15) is 4.79 Å². The monoisotopic (exact) mass is 344 g/mol. The summed E-state index contributed by atoms with van der Waals surface area (Å²) in [6.45, 7) is 13.0. The number of rotatable bonds is 13. The summed E-state index contributed by atoms with van der Waals surface area (Å²) < 4.78 is 0. The Hall–Kier alpha value is -1.37. The van der Waals surface area contributed by atoms with Crippen LogP contribution in [0.4, 0.5) is 0 Å². The molecule has 0 fully saturated rings. The van der Waals surface area contributed by atoms with Crippen molar-refractivity contribution in [3.63, 3.8) is 0 Å². The zero-order chi connectivity index (χ0) is 19.1. The smallest absolute Gasteiger partial charge is 0.122 e. The quantitative estimate of drug-likeness (QED) is 0.246. The number of aldehydes is 1. The van der Waals surface area contributed by atoms with Crippen molar-refractivity contribution in [2.75, 3.05) is 0 Å². The first-order valence-electron chi connectivity index (χ1n) is 9.90. The summed E-state index contributed by atoms with van der Waals surface area (Å²) in [4.78, 5) is 10.6. The molecule has 1 atom stereocenters. The number of carbonyl (C=O) groups excluding carboxylic acids is 1. The third-order valence-electron chi connectivity index (χ3n) is 4.50. The third kappa shape index (κ3) is 15.9. The van der Waals surface area contributed by atoms with Crippen LogP contribution in [0.15, 0.2) is 46.6 Å². The van der Waals surface area contributed by atoms with Crippen molar-refractivity contribution in [1.29, 1.82) is 0 Å². The van der Waals surface area contributed by atoms with Gasteiger partial charge in [0, 0.05) is 5.92 Å². The summed E-state index contributed by atoms with van der Waals surface area (Å²) >= 11 is 0. The highest BCUT2D eigenvalue weighted by Crippen LogP contribution is 2.14. The Kier molecular flexibility index (Phi) is 14.1. The highest BCUT2D eigenvalue weighted by Gasteiger charge is 1.97. The van der Waals surface area contributed by atoms with Gasteiger partial charge in [0.25, 0.3) is 0 Å². The Balaban J connectivity index is 3.99. The number of carbonyl (C=O) groups is 1. The molecule has 0 aromatic rings. The minimum absolute atomic E-state index is 0.185. The Bertz CT molecular complexity index is 484. The van der Waals surface area contributed by atoms with Gasteiger partial charge in [0.2, 0.25) is 0 Å². The highest BCUT2D eigenvalue weighted by molar-refractivity contribution is 5.52. The van der Waals surface area contributed by atoms with E-state index < -0.39 is 0 Å². The van der Waals surface area contributed by atoms with Crippen LogP contribution in [0.25, 0.3) is 0 Å². The first-order valence-corrected chi connectivity index (χ1v) is 9.90. The summed E-state index contributed by atoms with van der Waals surface area (Å²) in [7, 11) is 0. The normalized spacial score (nSPS) is 14.4. The van der Waals surface area contributed by atoms with Crippen molar-refractivity contribution < 1.29 is 4.79 Å². The van der Waals surface area contributed by atoms with Crippen molar-refractivity contribution >= 4 is 6.29 Å². The van der Waals surface area contributed by atoms with E-state index in [2.05, 4.69) is 58.9 Å². The molecular weight excluding hydrogens is 304 g/mol. The first-order chi connectivity index (χ1) is 11.8. The minimum atomic E-state index is 0.185. The molecule has 1 nitrogen and oxygen atoms in total. The maximum atomic E-state index is 10.6. The van der Waals surface area contributed by atoms with Gasteiger partial charge in [-0.3, -0.25) is 0 Å². The maximum Gasteiger partial charge on any atom is 0.122 e. The molecule has 0 saturated heterocycles. The average Bonchev–Trinajstić information content (AvgIpc) is 2.54. The fourth-order valence-electron chi connectivity index (χ4n) is 2.65. The van der Waals surface area contributed by atoms with Crippen LogP contribution in [0.1, 0.15) is 92.9 Å². The van der Waals surface area contributed by atoms with Gasteiger partial charge in [-0.1, -0.05) is 53.5 Å². The van der Waals surface area contributed by atoms with Crippen LogP contribution >= 0.6 is 0 Å². The molecule has 0 aliphatic rings. The van der Waals surface area contributed by atoms with Crippen molar-refractivity contribution in [3.8, 4) is 0 Å². The van der Waals surface area contributed by atoms with E-state index >= 15 is 0 Å². The third-order valence-corrected chi connectivity index (χ3v) is 4.50. The van der Waals surface area contributed by atoms with Crippen LogP contribution in [0.2, 0.25) is 0 Å². The van der Waals surface area contributed by atoms with E-state index in [1.165, 1.54) is 35.1 Å². The lowest BCUT2D eigenvalue weighted by Gasteiger charge is -2.03. The zero-order valence-electron chi connectivity index (χ0n) is 17.5. The topological polar surface area (TPSA) is 17.1 Å². The van der Waals surface area contributed by atoms with Gasteiger partial charge in [-0.05, 0) is 86.0 Å². The van der Waals surface area contributed by atoms with E-state index in [-0.39, 0.29) is 5.92 Å². The van der Waals surface area contributed by atoms with Crippen molar-refractivity contribution in [3.05, 3.63) is 46.6 Å². The molecule has 0 amide bonds. The largest absolute Gasteiger partial charge is 0.303 e. The standard InChI is InChI=1S/C24H40O/c1-20(2)11-7-12-21(3)13-8-14-22(4)15-9-16-23(5)17-10-18-24(6)19-25/h11,13,15,17,19,24H,7-10,12,14,16,18H2,1-6H3. The maximum absolute atomic E-state index is 10.6. The van der Waals surface area contributed by atoms with Gasteiger partial charge in [0.05, 0.1) is 0 Å². The second-order valence-electron chi connectivity index (χ2n) is 7.74. The Labute approximate surface area is 157 Å². The number of hydrogen-bond donors (Lipinski definition) is 0. The minimum Gasteiger partial charge on any atom is -0.303 e. The molecule has 0 heterocycles. The molecule has 0 aliphatic carbocycles. The molecule has 0 rings (SSSR count). The lowest BCUT2D eigenvalue weighted by atomic mass is 10.0. The molecule has 0 radical (unpaired) electrons. The van der Waals surface area contributed by atoms with Gasteiger partial charge in [0.15, 0.2) is 0 Å². The van der Waals surface area contributed by atoms with E-state index in [4.69, 9.17) is 0 Å². The molecule has 0 aromatic heterocycles. The number of hydrogen-bond acceptors (Lipinski definition) is 1. The van der Waals surface area contributed by atoms with Crippen LogP contribution in [0.5, 0.6) is 0 Å². The Morgan fingerprint density at radius 1 is 0.680 bits per heavy atom. The molecule has 142 valence electrons. The molecule has 1 heteroatoms. The van der Waals surface area contributed by atoms with E-state index in [0.29, 0.717) is 0 Å². The van der Waals surface area contributed by atoms with Crippen LogP contribution < -0.4 is 0 Å². The van der Waals surface area contributed by atoms with Crippen molar-refractivity contribution in [1.82, 2.24) is 0 Å². The van der Waals surface area contributed by atoms with E-state index in [0.717, 1.165) is 44.8 Å². The van der Waals surface area contributed by atoms with Gasteiger partial charge >= 0.3 is 0 Å². The molecule has 0 spiro atoms. The fraction of sp³-hybridized carbons (Fsp3) is 0.625. The molecule has 0 aliphatic heterocycles. The molecule has 1 unspecified atom stereocenters. The SMILES string of the molecule is CC(C)=CCCC(C)=CCCC(C)=CCCC(C)=CCCC(C)C=O. The molecular formula is C24H40O. The Morgan fingerprint density at radius 2 is 1.08 bits per heavy atom. The molecule has 0 aromatic carbocycles. The Morgan fingerprint density at radius 3 is 1.48 bits per heavy atom. The number of allylic oxidation sites excluding steroid dienone is 8. The van der Waals surface area contributed by atoms with Gasteiger partial charge in [-0.15, -0.1) is 0 Å². The van der Waals surface area contributed by atoms with Gasteiger partial charge in [-0.25, -0.2) is 0 Å². The highest BCUT2D eigenvalue weighted by atomic mass is 16.1. The van der Waals surface area contributed by atoms with Crippen molar-refractivity contribution in [2.24, 2.45) is 5.92 Å². The van der Waals surface area contributed by atoms with Crippen LogP contribution in [0, 0.1) is 5.92 Å². The van der Waals surface area contributed by atoms with Gasteiger partial charge < -0.3 is 4.79 Å². The lowest BCUT2D eigenvalue weighted by Crippen LogP contribution is -1.93. The summed E-state index contributed by atoms with van der Waals surface area (Å²) in [5.74, 6) is 0.185. The summed E-state index contributed by atoms with van der Waals surface area (Å²) in [6.07, 6.45) is 19.4. The van der Waals surface area contributed by atoms with Gasteiger partial charge in [-0.2, -0.15) is 0 Å². The summed E-state index contributed by atoms with van der Waals surface area (Å²) in [5.41, 5.74) is 5.86. The van der Waals surface area contributed by atoms with Crippen molar-refractivity contribution in [2.45, 2.75) is 92.9 Å². The van der Waals surface area contributed by atoms with Crippen LogP contribution in [0.3, 0.4) is 0 Å². The average molecular weight is 345 g/mol. The van der Waals surface area contributed by atoms with Crippen LogP contribution in [-0.4, -0.2) is 6.29 Å². The second-order valence-corrected chi connectivity index (χ2v) is 7.74. The predicted octanol–water partition coefficient (Wildman–Crippen LogP) is 7.75. The van der Waals surface area contributed by atoms with E-state index in [1.54, 1.807) is 0 Å². The lowest BCUT2D eigenvalue weighted by molar-refractivity contribution is -0.110. The van der Waals surface area contributed by atoms with E-state index in [1.807, 2.05) is 6.92 Å². The van der Waals surface area contributed by atoms with Gasteiger partial charge in [0.1, 0.15) is 6.29 Å². The fourth-order valence-corrected chi connectivity index (χ4v) is 2.65. The molecule has 0 N–H and O–H groups in total. The first kappa shape index (κ1) is 23.6. The summed E-state index contributed by atoms with van der Waals surface area (Å²) in [6, 6.07) is 0. The second kappa shape index (κ2) is 14.9. The predicted molar refractivity (Wildman–Crippen MR) is 113 cm³/mol. The van der Waals surface area contributed by atoms with Crippen LogP contribution in [-0.2, 0) is 4.79 Å².